The third-order valence-corrected chi connectivity index (χ3v) is 4.02. The van der Waals surface area contributed by atoms with Crippen LogP contribution in [-0.2, 0) is 11.2 Å². The third-order valence-electron chi connectivity index (χ3n) is 4.02. The zero-order valence-corrected chi connectivity index (χ0v) is 11.5. The number of rotatable bonds is 6. The molecule has 1 saturated carbocycles. The first kappa shape index (κ1) is 13.3. The molecule has 0 radical (unpaired) electrons. The predicted molar refractivity (Wildman–Crippen MR) is 75.9 cm³/mol. The first-order valence-corrected chi connectivity index (χ1v) is 7.40. The first-order valence-electron chi connectivity index (χ1n) is 7.40. The largest absolute Gasteiger partial charge is 0.300 e. The van der Waals surface area contributed by atoms with Crippen molar-refractivity contribution in [1.29, 1.82) is 0 Å². The van der Waals surface area contributed by atoms with Crippen LogP contribution < -0.4 is 0 Å². The van der Waals surface area contributed by atoms with Gasteiger partial charge in [0.05, 0.1) is 0 Å². The predicted octanol–water partition coefficient (Wildman–Crippen LogP) is 4.65. The van der Waals surface area contributed by atoms with E-state index in [0.29, 0.717) is 11.7 Å². The van der Waals surface area contributed by atoms with Gasteiger partial charge in [0, 0.05) is 12.8 Å². The van der Waals surface area contributed by atoms with Gasteiger partial charge in [-0.2, -0.15) is 0 Å². The summed E-state index contributed by atoms with van der Waals surface area (Å²) >= 11 is 0. The molecule has 0 N–H and O–H groups in total. The van der Waals surface area contributed by atoms with Crippen LogP contribution in [-0.4, -0.2) is 5.78 Å². The van der Waals surface area contributed by atoms with Crippen LogP contribution in [0.2, 0.25) is 0 Å². The van der Waals surface area contributed by atoms with E-state index in [2.05, 4.69) is 31.2 Å². The molecule has 1 nitrogen and oxygen atoms in total. The lowest BCUT2D eigenvalue weighted by molar-refractivity contribution is -0.117. The summed E-state index contributed by atoms with van der Waals surface area (Å²) in [6.07, 6.45) is 9.08. The minimum absolute atomic E-state index is 0.434. The fourth-order valence-corrected chi connectivity index (χ4v) is 2.81. The number of hydrogen-bond acceptors (Lipinski definition) is 1. The second kappa shape index (κ2) is 6.72. The van der Waals surface area contributed by atoms with Gasteiger partial charge in [0.25, 0.3) is 0 Å². The van der Waals surface area contributed by atoms with E-state index in [-0.39, 0.29) is 0 Å². The van der Waals surface area contributed by atoms with Crippen LogP contribution in [0.15, 0.2) is 24.3 Å². The highest BCUT2D eigenvalue weighted by atomic mass is 16.1. The van der Waals surface area contributed by atoms with Gasteiger partial charge in [-0.3, -0.25) is 4.79 Å². The number of unbranched alkanes of at least 4 members (excludes halogenated alkanes) is 3. The van der Waals surface area contributed by atoms with E-state index >= 15 is 0 Å². The zero-order valence-electron chi connectivity index (χ0n) is 11.5. The number of aryl methyl sites for hydroxylation is 1. The fourth-order valence-electron chi connectivity index (χ4n) is 2.81. The van der Waals surface area contributed by atoms with Crippen molar-refractivity contribution in [3.8, 4) is 0 Å². The normalized spacial score (nSPS) is 19.4. The number of Topliss-reactive ketones (excluding diaryl/α,β-unsaturated/α-hetero) is 1. The lowest BCUT2D eigenvalue weighted by atomic mass is 9.95. The number of carbonyl (C=O) groups excluding carboxylic acids is 1. The summed E-state index contributed by atoms with van der Waals surface area (Å²) in [7, 11) is 0. The Morgan fingerprint density at radius 1 is 1.11 bits per heavy atom. The SMILES string of the molecule is CCCCCCc1ccc([C@@H]2CCC(=O)C2)cc1. The molecule has 0 heterocycles. The number of ketones is 1. The van der Waals surface area contributed by atoms with Crippen molar-refractivity contribution in [3.05, 3.63) is 35.4 Å². The van der Waals surface area contributed by atoms with Gasteiger partial charge in [0.1, 0.15) is 5.78 Å². The molecule has 2 rings (SSSR count). The van der Waals surface area contributed by atoms with Crippen LogP contribution in [0.3, 0.4) is 0 Å². The molecule has 1 aliphatic rings. The van der Waals surface area contributed by atoms with Crippen LogP contribution in [0.25, 0.3) is 0 Å². The Hall–Kier alpha value is -1.11. The van der Waals surface area contributed by atoms with E-state index in [9.17, 15) is 4.79 Å². The molecule has 0 unspecified atom stereocenters. The topological polar surface area (TPSA) is 17.1 Å². The van der Waals surface area contributed by atoms with E-state index in [4.69, 9.17) is 0 Å². The Morgan fingerprint density at radius 2 is 1.89 bits per heavy atom. The molecule has 1 fully saturated rings. The summed E-state index contributed by atoms with van der Waals surface area (Å²) in [4.78, 5) is 11.3. The van der Waals surface area contributed by atoms with Crippen LogP contribution in [0.4, 0.5) is 0 Å². The molecule has 0 aromatic heterocycles. The van der Waals surface area contributed by atoms with E-state index in [1.54, 1.807) is 0 Å². The smallest absolute Gasteiger partial charge is 0.133 e. The molecule has 0 bridgehead atoms. The summed E-state index contributed by atoms with van der Waals surface area (Å²) in [6.45, 7) is 2.25. The molecule has 1 heteroatoms. The molecule has 98 valence electrons. The number of hydrogen-bond donors (Lipinski definition) is 0. The summed E-state index contributed by atoms with van der Waals surface area (Å²) < 4.78 is 0. The summed E-state index contributed by atoms with van der Waals surface area (Å²) in [5.41, 5.74) is 2.80. The molecule has 1 aromatic rings. The van der Waals surface area contributed by atoms with Crippen molar-refractivity contribution in [3.63, 3.8) is 0 Å². The maximum absolute atomic E-state index is 11.3. The van der Waals surface area contributed by atoms with Crippen LogP contribution in [0.5, 0.6) is 0 Å². The molecule has 0 amide bonds. The van der Waals surface area contributed by atoms with Crippen molar-refractivity contribution in [2.45, 2.75) is 64.2 Å². The van der Waals surface area contributed by atoms with E-state index in [1.165, 1.54) is 43.2 Å². The van der Waals surface area contributed by atoms with Crippen LogP contribution in [0, 0.1) is 0 Å². The zero-order chi connectivity index (χ0) is 12.8. The van der Waals surface area contributed by atoms with Crippen molar-refractivity contribution >= 4 is 5.78 Å². The van der Waals surface area contributed by atoms with Crippen molar-refractivity contribution < 1.29 is 4.79 Å². The quantitative estimate of drug-likeness (QED) is 0.666. The molecule has 1 aliphatic carbocycles. The van der Waals surface area contributed by atoms with Gasteiger partial charge in [0.15, 0.2) is 0 Å². The molecule has 1 atom stereocenters. The lowest BCUT2D eigenvalue weighted by Crippen LogP contribution is -1.95. The number of carbonyl (C=O) groups is 1. The Labute approximate surface area is 111 Å². The van der Waals surface area contributed by atoms with Gasteiger partial charge < -0.3 is 0 Å². The fraction of sp³-hybridized carbons (Fsp3) is 0.588. The molecular formula is C17H24O. The Morgan fingerprint density at radius 3 is 2.50 bits per heavy atom. The Kier molecular flexibility index (Phi) is 4.98. The van der Waals surface area contributed by atoms with Crippen molar-refractivity contribution in [2.75, 3.05) is 0 Å². The molecule has 0 aliphatic heterocycles. The third kappa shape index (κ3) is 3.69. The van der Waals surface area contributed by atoms with Gasteiger partial charge in [-0.15, -0.1) is 0 Å². The van der Waals surface area contributed by atoms with Gasteiger partial charge in [-0.25, -0.2) is 0 Å². The average Bonchev–Trinajstić information content (AvgIpc) is 2.82. The standard InChI is InChI=1S/C17H24O/c1-2-3-4-5-6-14-7-9-15(10-8-14)16-11-12-17(18)13-16/h7-10,16H,2-6,11-13H2,1H3/t16-/m1/s1. The van der Waals surface area contributed by atoms with E-state index in [0.717, 1.165) is 19.3 Å². The highest BCUT2D eigenvalue weighted by Gasteiger charge is 2.23. The monoisotopic (exact) mass is 244 g/mol. The second-order valence-corrected chi connectivity index (χ2v) is 5.53. The molecule has 1 aromatic carbocycles. The minimum Gasteiger partial charge on any atom is -0.300 e. The highest BCUT2D eigenvalue weighted by molar-refractivity contribution is 5.81. The molecule has 0 saturated heterocycles. The Bertz CT molecular complexity index is 377. The Balaban J connectivity index is 1.83. The average molecular weight is 244 g/mol. The van der Waals surface area contributed by atoms with E-state index < -0.39 is 0 Å². The summed E-state index contributed by atoms with van der Waals surface area (Å²) in [5.74, 6) is 0.926. The van der Waals surface area contributed by atoms with Crippen LogP contribution in [0.1, 0.15) is 68.9 Å². The van der Waals surface area contributed by atoms with Crippen LogP contribution >= 0.6 is 0 Å². The molecular weight excluding hydrogens is 220 g/mol. The second-order valence-electron chi connectivity index (χ2n) is 5.53. The van der Waals surface area contributed by atoms with Gasteiger partial charge in [-0.05, 0) is 36.3 Å². The number of benzene rings is 1. The maximum atomic E-state index is 11.3. The van der Waals surface area contributed by atoms with Crippen molar-refractivity contribution in [1.82, 2.24) is 0 Å². The van der Waals surface area contributed by atoms with Crippen molar-refractivity contribution in [2.24, 2.45) is 0 Å². The lowest BCUT2D eigenvalue weighted by Gasteiger charge is -2.09. The molecule has 0 spiro atoms. The van der Waals surface area contributed by atoms with Gasteiger partial charge in [-0.1, -0.05) is 50.5 Å². The molecule has 18 heavy (non-hydrogen) atoms. The minimum atomic E-state index is 0.434. The van der Waals surface area contributed by atoms with Gasteiger partial charge in [0.2, 0.25) is 0 Å². The first-order chi connectivity index (χ1) is 8.79. The summed E-state index contributed by atoms with van der Waals surface area (Å²) in [6, 6.07) is 8.98. The summed E-state index contributed by atoms with van der Waals surface area (Å²) in [5, 5.41) is 0. The highest BCUT2D eigenvalue weighted by Crippen LogP contribution is 2.32. The van der Waals surface area contributed by atoms with Gasteiger partial charge >= 0.3 is 0 Å². The maximum Gasteiger partial charge on any atom is 0.133 e. The van der Waals surface area contributed by atoms with E-state index in [1.807, 2.05) is 0 Å².